The Morgan fingerprint density at radius 1 is 1.32 bits per heavy atom. The first-order chi connectivity index (χ1) is 8.66. The lowest BCUT2D eigenvalue weighted by Gasteiger charge is -2.19. The smallest absolute Gasteiger partial charge is 0.372 e. The lowest BCUT2D eigenvalue weighted by Crippen LogP contribution is -2.34. The van der Waals surface area contributed by atoms with Gasteiger partial charge in [0.15, 0.2) is 0 Å². The van der Waals surface area contributed by atoms with Crippen LogP contribution in [-0.2, 0) is 17.7 Å². The van der Waals surface area contributed by atoms with E-state index in [-0.39, 0.29) is 12.1 Å². The van der Waals surface area contributed by atoms with Gasteiger partial charge in [0.2, 0.25) is 0 Å². The molecule has 0 amide bonds. The number of alkyl halides is 3. The summed E-state index contributed by atoms with van der Waals surface area (Å²) in [6, 6.07) is 0. The van der Waals surface area contributed by atoms with Crippen LogP contribution in [0.5, 0.6) is 0 Å². The molecule has 0 aromatic carbocycles. The molecule has 7 heteroatoms. The van der Waals surface area contributed by atoms with Crippen LogP contribution in [0.25, 0.3) is 0 Å². The van der Waals surface area contributed by atoms with Crippen LogP contribution < -0.4 is 5.32 Å². The number of nitrogens with zero attached hydrogens (tertiary/aromatic N) is 1. The Bertz CT molecular complexity index is 385. The fourth-order valence-corrected chi connectivity index (χ4v) is 2.09. The van der Waals surface area contributed by atoms with Crippen molar-refractivity contribution in [3.8, 4) is 0 Å². The lowest BCUT2D eigenvalue weighted by atomic mass is 10.1. The van der Waals surface area contributed by atoms with Crippen molar-refractivity contribution in [1.29, 1.82) is 0 Å². The van der Waals surface area contributed by atoms with Crippen LogP contribution in [-0.4, -0.2) is 29.9 Å². The van der Waals surface area contributed by atoms with Crippen molar-refractivity contribution in [1.82, 2.24) is 10.3 Å². The molecule has 1 rings (SSSR count). The van der Waals surface area contributed by atoms with E-state index in [2.05, 4.69) is 35.8 Å². The van der Waals surface area contributed by atoms with Crippen molar-refractivity contribution < 1.29 is 17.9 Å². The van der Waals surface area contributed by atoms with Crippen LogP contribution in [0.2, 0.25) is 0 Å². The fraction of sp³-hybridized carbons (Fsp3) is 0.750. The maximum Gasteiger partial charge on any atom is 0.411 e. The molecule has 0 unspecified atom stereocenters. The van der Waals surface area contributed by atoms with Gasteiger partial charge in [-0.1, -0.05) is 0 Å². The van der Waals surface area contributed by atoms with Gasteiger partial charge < -0.3 is 10.1 Å². The summed E-state index contributed by atoms with van der Waals surface area (Å²) in [6.07, 6.45) is -2.09. The third-order valence-corrected chi connectivity index (χ3v) is 3.18. The zero-order valence-electron chi connectivity index (χ0n) is 11.3. The van der Waals surface area contributed by atoms with Gasteiger partial charge in [-0.2, -0.15) is 13.2 Å². The van der Waals surface area contributed by atoms with Gasteiger partial charge in [-0.3, -0.25) is 0 Å². The molecule has 1 aromatic rings. The zero-order valence-corrected chi connectivity index (χ0v) is 12.1. The van der Waals surface area contributed by atoms with Crippen molar-refractivity contribution in [3.63, 3.8) is 0 Å². The minimum absolute atomic E-state index is 0.0278. The maximum absolute atomic E-state index is 11.9. The second-order valence-electron chi connectivity index (χ2n) is 5.24. The van der Waals surface area contributed by atoms with Gasteiger partial charge in [-0.05, 0) is 20.8 Å². The molecule has 0 spiro atoms. The minimum atomic E-state index is -4.26. The van der Waals surface area contributed by atoms with Gasteiger partial charge in [0.25, 0.3) is 0 Å². The largest absolute Gasteiger partial charge is 0.411 e. The van der Waals surface area contributed by atoms with E-state index in [1.807, 2.05) is 0 Å². The van der Waals surface area contributed by atoms with Crippen molar-refractivity contribution in [3.05, 3.63) is 16.1 Å². The van der Waals surface area contributed by atoms with Gasteiger partial charge in [0.1, 0.15) is 6.61 Å². The molecule has 110 valence electrons. The predicted molar refractivity (Wildman–Crippen MR) is 69.3 cm³/mol. The summed E-state index contributed by atoms with van der Waals surface area (Å²) < 4.78 is 40.1. The molecular weight excluding hydrogens is 277 g/mol. The molecule has 19 heavy (non-hydrogen) atoms. The van der Waals surface area contributed by atoms with Crippen LogP contribution in [0.4, 0.5) is 13.2 Å². The van der Waals surface area contributed by atoms with Crippen LogP contribution >= 0.6 is 11.3 Å². The minimum Gasteiger partial charge on any atom is -0.372 e. The first kappa shape index (κ1) is 16.4. The van der Waals surface area contributed by atoms with E-state index in [1.54, 1.807) is 6.20 Å². The summed E-state index contributed by atoms with van der Waals surface area (Å²) in [4.78, 5) is 5.24. The summed E-state index contributed by atoms with van der Waals surface area (Å²) in [5.74, 6) is 0. The maximum atomic E-state index is 11.9. The molecule has 0 saturated carbocycles. The highest BCUT2D eigenvalue weighted by molar-refractivity contribution is 7.11. The Balaban J connectivity index is 2.27. The molecule has 0 fully saturated rings. The fourth-order valence-electron chi connectivity index (χ4n) is 1.24. The quantitative estimate of drug-likeness (QED) is 0.819. The van der Waals surface area contributed by atoms with E-state index >= 15 is 0 Å². The molecule has 3 nitrogen and oxygen atoms in total. The molecule has 1 N–H and O–H groups in total. The molecule has 0 atom stereocenters. The number of hydrogen-bond acceptors (Lipinski definition) is 4. The van der Waals surface area contributed by atoms with E-state index in [9.17, 15) is 13.2 Å². The standard InChI is InChI=1S/C12H19F3N2OS/c1-11(2,3)17-7-9-6-16-10(19-9)4-5-18-8-12(13,14)15/h6,17H,4-5,7-8H2,1-3H3. The highest BCUT2D eigenvalue weighted by atomic mass is 32.1. The van der Waals surface area contributed by atoms with Gasteiger partial charge in [0.05, 0.1) is 11.6 Å². The average Bonchev–Trinajstić information content (AvgIpc) is 2.67. The summed E-state index contributed by atoms with van der Waals surface area (Å²) in [5, 5.41) is 4.13. The highest BCUT2D eigenvalue weighted by Crippen LogP contribution is 2.16. The Labute approximate surface area is 115 Å². The van der Waals surface area contributed by atoms with E-state index < -0.39 is 12.8 Å². The molecule has 0 aliphatic rings. The number of halogens is 3. The molecular formula is C12H19F3N2OS. The zero-order chi connectivity index (χ0) is 14.5. The van der Waals surface area contributed by atoms with Gasteiger partial charge in [-0.15, -0.1) is 11.3 Å². The summed E-state index contributed by atoms with van der Waals surface area (Å²) in [6.45, 7) is 5.76. The second kappa shape index (κ2) is 6.67. The predicted octanol–water partition coefficient (Wildman–Crippen LogP) is 3.15. The first-order valence-electron chi connectivity index (χ1n) is 5.99. The van der Waals surface area contributed by atoms with E-state index in [0.29, 0.717) is 13.0 Å². The summed E-state index contributed by atoms with van der Waals surface area (Å²) >= 11 is 1.50. The molecule has 0 aliphatic carbocycles. The van der Waals surface area contributed by atoms with Crippen LogP contribution in [0, 0.1) is 0 Å². The van der Waals surface area contributed by atoms with Gasteiger partial charge in [-0.25, -0.2) is 4.98 Å². The molecule has 0 saturated heterocycles. The van der Waals surface area contributed by atoms with Crippen molar-refractivity contribution in [2.24, 2.45) is 0 Å². The average molecular weight is 296 g/mol. The Morgan fingerprint density at radius 2 is 2.00 bits per heavy atom. The Kier molecular flexibility index (Phi) is 5.76. The number of ether oxygens (including phenoxy) is 1. The molecule has 0 radical (unpaired) electrons. The summed E-state index contributed by atoms with van der Waals surface area (Å²) in [5.41, 5.74) is 0.0278. The topological polar surface area (TPSA) is 34.2 Å². The molecule has 1 heterocycles. The van der Waals surface area contributed by atoms with Crippen LogP contribution in [0.1, 0.15) is 30.7 Å². The number of rotatable bonds is 6. The normalized spacial score (nSPS) is 12.9. The van der Waals surface area contributed by atoms with Gasteiger partial charge >= 0.3 is 6.18 Å². The molecule has 0 bridgehead atoms. The lowest BCUT2D eigenvalue weighted by molar-refractivity contribution is -0.173. The number of aromatic nitrogens is 1. The van der Waals surface area contributed by atoms with Crippen molar-refractivity contribution >= 4 is 11.3 Å². The van der Waals surface area contributed by atoms with Gasteiger partial charge in [0, 0.05) is 29.6 Å². The first-order valence-corrected chi connectivity index (χ1v) is 6.80. The van der Waals surface area contributed by atoms with Crippen molar-refractivity contribution in [2.45, 2.75) is 45.5 Å². The van der Waals surface area contributed by atoms with Crippen LogP contribution in [0.15, 0.2) is 6.20 Å². The molecule has 1 aromatic heterocycles. The van der Waals surface area contributed by atoms with E-state index in [4.69, 9.17) is 0 Å². The monoisotopic (exact) mass is 296 g/mol. The summed E-state index contributed by atoms with van der Waals surface area (Å²) in [7, 11) is 0. The highest BCUT2D eigenvalue weighted by Gasteiger charge is 2.27. The third-order valence-electron chi connectivity index (χ3n) is 2.12. The Hall–Kier alpha value is -0.660. The number of hydrogen-bond donors (Lipinski definition) is 1. The SMILES string of the molecule is CC(C)(C)NCc1cnc(CCOCC(F)(F)F)s1. The van der Waals surface area contributed by atoms with Crippen molar-refractivity contribution in [2.75, 3.05) is 13.2 Å². The van der Waals surface area contributed by atoms with E-state index in [0.717, 1.165) is 9.88 Å². The van der Waals surface area contributed by atoms with Crippen LogP contribution in [0.3, 0.4) is 0 Å². The molecule has 0 aliphatic heterocycles. The second-order valence-corrected chi connectivity index (χ2v) is 6.44. The van der Waals surface area contributed by atoms with E-state index in [1.165, 1.54) is 11.3 Å². The third kappa shape index (κ3) is 8.18. The Morgan fingerprint density at radius 3 is 2.58 bits per heavy atom. The number of thiazole rings is 1. The number of nitrogens with one attached hydrogen (secondary N) is 1.